The molecule has 0 saturated heterocycles. The van der Waals surface area contributed by atoms with E-state index >= 15 is 0 Å². The van der Waals surface area contributed by atoms with Crippen LogP contribution in [0.5, 0.6) is 0 Å². The lowest BCUT2D eigenvalue weighted by Gasteiger charge is -2.02. The molecule has 1 aromatic heterocycles. The molecule has 4 N–H and O–H groups in total. The molecular weight excluding hydrogens is 218 g/mol. The van der Waals surface area contributed by atoms with Crippen molar-refractivity contribution in [3.63, 3.8) is 0 Å². The molecule has 90 valence electrons. The summed E-state index contributed by atoms with van der Waals surface area (Å²) in [7, 11) is 0. The average molecular weight is 233 g/mol. The Morgan fingerprint density at radius 2 is 2.18 bits per heavy atom. The maximum absolute atomic E-state index is 11.5. The van der Waals surface area contributed by atoms with E-state index < -0.39 is 6.09 Å². The summed E-state index contributed by atoms with van der Waals surface area (Å²) in [6.45, 7) is 1.92. The van der Waals surface area contributed by atoms with Crippen molar-refractivity contribution in [2.24, 2.45) is 11.6 Å². The molecule has 2 aromatic rings. The van der Waals surface area contributed by atoms with E-state index in [1.165, 1.54) is 4.57 Å². The smallest absolute Gasteiger partial charge is 0.356 e. The summed E-state index contributed by atoms with van der Waals surface area (Å²) in [5, 5.41) is 0.996. The van der Waals surface area contributed by atoms with Crippen LogP contribution in [0.3, 0.4) is 0 Å². The number of rotatable bonds is 2. The van der Waals surface area contributed by atoms with Gasteiger partial charge < -0.3 is 10.6 Å². The van der Waals surface area contributed by atoms with Gasteiger partial charge in [0.1, 0.15) is 0 Å². The van der Waals surface area contributed by atoms with Gasteiger partial charge in [-0.1, -0.05) is 18.2 Å². The third kappa shape index (κ3) is 2.15. The predicted octanol–water partition coefficient (Wildman–Crippen LogP) is 1.39. The van der Waals surface area contributed by atoms with Gasteiger partial charge in [0.25, 0.3) is 0 Å². The van der Waals surface area contributed by atoms with Gasteiger partial charge >= 0.3 is 6.09 Å². The van der Waals surface area contributed by atoms with Crippen molar-refractivity contribution in [3.8, 4) is 0 Å². The van der Waals surface area contributed by atoms with Crippen molar-refractivity contribution in [2.45, 2.75) is 19.4 Å². The summed E-state index contributed by atoms with van der Waals surface area (Å²) in [5.74, 6) is 4.91. The summed E-state index contributed by atoms with van der Waals surface area (Å²) in [5.41, 5.74) is 7.57. The molecule has 0 aliphatic rings. The zero-order valence-electron chi connectivity index (χ0n) is 9.59. The van der Waals surface area contributed by atoms with Crippen LogP contribution in [0.25, 0.3) is 10.9 Å². The lowest BCUT2D eigenvalue weighted by Crippen LogP contribution is -2.18. The summed E-state index contributed by atoms with van der Waals surface area (Å²) in [6, 6.07) is 7.61. The van der Waals surface area contributed by atoms with Crippen LogP contribution >= 0.6 is 0 Å². The second-order valence-corrected chi connectivity index (χ2v) is 4.11. The molecule has 0 spiro atoms. The molecule has 0 unspecified atom stereocenters. The Labute approximate surface area is 98.9 Å². The maximum Gasteiger partial charge on any atom is 0.437 e. The minimum atomic E-state index is -0.600. The number of benzene rings is 1. The van der Waals surface area contributed by atoms with Gasteiger partial charge in [-0.05, 0) is 25.0 Å². The monoisotopic (exact) mass is 233 g/mol. The van der Waals surface area contributed by atoms with Gasteiger partial charge in [-0.25, -0.2) is 4.79 Å². The van der Waals surface area contributed by atoms with Gasteiger partial charge in [-0.3, -0.25) is 4.57 Å². The van der Waals surface area contributed by atoms with Crippen molar-refractivity contribution in [1.29, 1.82) is 0 Å². The third-order valence-electron chi connectivity index (χ3n) is 2.63. The molecule has 1 aromatic carbocycles. The molecule has 0 fully saturated rings. The van der Waals surface area contributed by atoms with Gasteiger partial charge in [0.2, 0.25) is 0 Å². The number of aromatic nitrogens is 1. The van der Waals surface area contributed by atoms with Crippen LogP contribution in [0.4, 0.5) is 4.79 Å². The molecule has 2 rings (SSSR count). The van der Waals surface area contributed by atoms with Gasteiger partial charge in [0.15, 0.2) is 0 Å². The van der Waals surface area contributed by atoms with Crippen LogP contribution < -0.4 is 11.6 Å². The Morgan fingerprint density at radius 1 is 1.47 bits per heavy atom. The van der Waals surface area contributed by atoms with Crippen LogP contribution in [0.1, 0.15) is 12.5 Å². The number of carbonyl (C=O) groups is 1. The number of fused-ring (bicyclic) bond motifs is 1. The molecular formula is C12H15N3O2. The minimum absolute atomic E-state index is 0.0307. The normalized spacial score (nSPS) is 12.6. The predicted molar refractivity (Wildman–Crippen MR) is 65.4 cm³/mol. The molecule has 0 saturated carbocycles. The zero-order valence-corrected chi connectivity index (χ0v) is 9.59. The quantitative estimate of drug-likeness (QED) is 0.768. The Balaban J connectivity index is 2.58. The van der Waals surface area contributed by atoms with Crippen LogP contribution in [-0.2, 0) is 11.3 Å². The summed E-state index contributed by atoms with van der Waals surface area (Å²) >= 11 is 0. The molecule has 0 radical (unpaired) electrons. The Hall–Kier alpha value is -1.85. The SMILES string of the molecule is C[C@@H](N)Cc1cn(C(=O)ON)c2ccccc12. The highest BCUT2D eigenvalue weighted by Gasteiger charge is 2.14. The lowest BCUT2D eigenvalue weighted by molar-refractivity contribution is 0.150. The Kier molecular flexibility index (Phi) is 3.12. The van der Waals surface area contributed by atoms with Crippen molar-refractivity contribution in [3.05, 3.63) is 36.0 Å². The third-order valence-corrected chi connectivity index (χ3v) is 2.63. The zero-order chi connectivity index (χ0) is 12.4. The van der Waals surface area contributed by atoms with E-state index in [4.69, 9.17) is 11.6 Å². The van der Waals surface area contributed by atoms with E-state index in [2.05, 4.69) is 4.84 Å². The first kappa shape index (κ1) is 11.6. The summed E-state index contributed by atoms with van der Waals surface area (Å²) in [4.78, 5) is 15.8. The molecule has 5 nitrogen and oxygen atoms in total. The van der Waals surface area contributed by atoms with E-state index in [0.717, 1.165) is 16.5 Å². The number of carbonyl (C=O) groups excluding carboxylic acids is 1. The highest BCUT2D eigenvalue weighted by molar-refractivity contribution is 5.91. The average Bonchev–Trinajstić information content (AvgIpc) is 2.67. The largest absolute Gasteiger partial charge is 0.437 e. The first-order valence-electron chi connectivity index (χ1n) is 5.39. The number of nitrogens with zero attached hydrogens (tertiary/aromatic N) is 1. The van der Waals surface area contributed by atoms with E-state index in [9.17, 15) is 4.79 Å². The second kappa shape index (κ2) is 4.57. The van der Waals surface area contributed by atoms with Crippen LogP contribution in [0.2, 0.25) is 0 Å². The molecule has 0 bridgehead atoms. The highest BCUT2D eigenvalue weighted by Crippen LogP contribution is 2.22. The second-order valence-electron chi connectivity index (χ2n) is 4.11. The molecule has 17 heavy (non-hydrogen) atoms. The lowest BCUT2D eigenvalue weighted by atomic mass is 10.1. The van der Waals surface area contributed by atoms with E-state index in [1.807, 2.05) is 31.2 Å². The first-order chi connectivity index (χ1) is 8.13. The van der Waals surface area contributed by atoms with Crippen molar-refractivity contribution < 1.29 is 9.63 Å². The maximum atomic E-state index is 11.5. The van der Waals surface area contributed by atoms with E-state index in [1.54, 1.807) is 6.20 Å². The molecule has 0 aliphatic heterocycles. The van der Waals surface area contributed by atoms with Gasteiger partial charge in [0.05, 0.1) is 5.52 Å². The first-order valence-corrected chi connectivity index (χ1v) is 5.39. The Bertz CT molecular complexity index is 546. The van der Waals surface area contributed by atoms with Crippen molar-refractivity contribution in [2.75, 3.05) is 0 Å². The number of nitrogens with two attached hydrogens (primary N) is 2. The molecule has 0 aliphatic carbocycles. The van der Waals surface area contributed by atoms with Gasteiger partial charge in [-0.15, -0.1) is 0 Å². The summed E-state index contributed by atoms with van der Waals surface area (Å²) in [6.07, 6.45) is 1.83. The molecule has 0 amide bonds. The summed E-state index contributed by atoms with van der Waals surface area (Å²) < 4.78 is 1.40. The van der Waals surface area contributed by atoms with Gasteiger partial charge in [0, 0.05) is 17.6 Å². The molecule has 1 heterocycles. The molecule has 5 heteroatoms. The fourth-order valence-electron chi connectivity index (χ4n) is 1.97. The topological polar surface area (TPSA) is 83.3 Å². The van der Waals surface area contributed by atoms with Crippen molar-refractivity contribution in [1.82, 2.24) is 4.57 Å². The van der Waals surface area contributed by atoms with Crippen LogP contribution in [0, 0.1) is 0 Å². The number of hydrogen-bond acceptors (Lipinski definition) is 4. The minimum Gasteiger partial charge on any atom is -0.356 e. The van der Waals surface area contributed by atoms with Crippen molar-refractivity contribution >= 4 is 17.0 Å². The standard InChI is InChI=1S/C12H15N3O2/c1-8(13)6-9-7-15(12(16)17-14)11-5-3-2-4-10(9)11/h2-5,7-8H,6,13-14H2,1H3/t8-/m1/s1. The van der Waals surface area contributed by atoms with Gasteiger partial charge in [-0.2, -0.15) is 5.90 Å². The molecule has 1 atom stereocenters. The van der Waals surface area contributed by atoms with E-state index in [-0.39, 0.29) is 6.04 Å². The fourth-order valence-corrected chi connectivity index (χ4v) is 1.97. The number of para-hydroxylation sites is 1. The highest BCUT2D eigenvalue weighted by atomic mass is 16.7. The fraction of sp³-hybridized carbons (Fsp3) is 0.250. The van der Waals surface area contributed by atoms with Crippen LogP contribution in [0.15, 0.2) is 30.5 Å². The number of hydrogen-bond donors (Lipinski definition) is 2. The van der Waals surface area contributed by atoms with Crippen LogP contribution in [-0.4, -0.2) is 16.7 Å². The Morgan fingerprint density at radius 3 is 2.82 bits per heavy atom. The van der Waals surface area contributed by atoms with E-state index in [0.29, 0.717) is 6.42 Å².